The predicted octanol–water partition coefficient (Wildman–Crippen LogP) is -0.311. The molecule has 1 aliphatic rings. The van der Waals surface area contributed by atoms with Gasteiger partial charge in [0.25, 0.3) is 0 Å². The van der Waals surface area contributed by atoms with Gasteiger partial charge in [0.2, 0.25) is 0 Å². The molecule has 1 fully saturated rings. The normalized spacial score (nSPS) is 18.4. The minimum atomic E-state index is 0.688. The average molecular weight is 195 g/mol. The summed E-state index contributed by atoms with van der Waals surface area (Å²) in [6.45, 7) is 6.89. The maximum Gasteiger partial charge on any atom is 0.140 e. The fourth-order valence-electron chi connectivity index (χ4n) is 1.83. The molecule has 1 aliphatic heterocycles. The summed E-state index contributed by atoms with van der Waals surface area (Å²) in [4.78, 5) is 6.59. The molecule has 0 unspecified atom stereocenters. The van der Waals surface area contributed by atoms with E-state index in [0.717, 1.165) is 38.5 Å². The van der Waals surface area contributed by atoms with Crippen molar-refractivity contribution in [3.05, 3.63) is 12.2 Å². The van der Waals surface area contributed by atoms with E-state index in [4.69, 9.17) is 5.73 Å². The molecule has 0 aliphatic carbocycles. The maximum atomic E-state index is 5.57. The Hall–Kier alpha value is -0.940. The lowest BCUT2D eigenvalue weighted by Crippen LogP contribution is -2.49. The molecule has 0 radical (unpaired) electrons. The number of rotatable bonds is 4. The van der Waals surface area contributed by atoms with Crippen molar-refractivity contribution >= 4 is 0 Å². The molecule has 0 saturated carbocycles. The molecule has 1 saturated heterocycles. The molecule has 0 bridgehead atoms. The zero-order valence-corrected chi connectivity index (χ0v) is 8.56. The van der Waals surface area contributed by atoms with E-state index in [1.165, 1.54) is 0 Å². The number of hydrogen-bond donors (Lipinski definition) is 1. The van der Waals surface area contributed by atoms with Crippen LogP contribution in [-0.2, 0) is 13.1 Å². The lowest BCUT2D eigenvalue weighted by molar-refractivity contribution is 0.0931. The Kier molecular flexibility index (Phi) is 2.79. The molecule has 0 amide bonds. The summed E-state index contributed by atoms with van der Waals surface area (Å²) < 4.78 is 1.94. The number of nitrogens with zero attached hydrogens (tertiary/aromatic N) is 4. The second-order valence-corrected chi connectivity index (χ2v) is 3.79. The summed E-state index contributed by atoms with van der Waals surface area (Å²) in [5, 5.41) is 4.14. The van der Waals surface area contributed by atoms with Crippen molar-refractivity contribution in [1.29, 1.82) is 0 Å². The smallest absolute Gasteiger partial charge is 0.140 e. The van der Waals surface area contributed by atoms with Crippen LogP contribution in [0.5, 0.6) is 0 Å². The quantitative estimate of drug-likeness (QED) is 0.716. The highest BCUT2D eigenvalue weighted by Crippen LogP contribution is 2.16. The SMILES string of the molecule is CCn1ncnc1CN1CC(CN)C1. The molecular weight excluding hydrogens is 178 g/mol. The molecule has 5 heteroatoms. The molecule has 2 N–H and O–H groups in total. The van der Waals surface area contributed by atoms with Gasteiger partial charge in [0, 0.05) is 19.6 Å². The molecular formula is C9H17N5. The Morgan fingerprint density at radius 1 is 1.57 bits per heavy atom. The fourth-order valence-corrected chi connectivity index (χ4v) is 1.83. The topological polar surface area (TPSA) is 60.0 Å². The van der Waals surface area contributed by atoms with Crippen molar-refractivity contribution in [1.82, 2.24) is 19.7 Å². The lowest BCUT2D eigenvalue weighted by Gasteiger charge is -2.38. The third-order valence-corrected chi connectivity index (χ3v) is 2.73. The van der Waals surface area contributed by atoms with Crippen molar-refractivity contribution in [2.45, 2.75) is 20.0 Å². The van der Waals surface area contributed by atoms with E-state index in [9.17, 15) is 0 Å². The standard InChI is InChI=1S/C9H17N5/c1-2-14-9(11-7-12-14)6-13-4-8(3-10)5-13/h7-8H,2-6,10H2,1H3. The third kappa shape index (κ3) is 1.78. The van der Waals surface area contributed by atoms with Crippen LogP contribution < -0.4 is 5.73 Å². The summed E-state index contributed by atoms with van der Waals surface area (Å²) in [6.07, 6.45) is 1.62. The van der Waals surface area contributed by atoms with Crippen LogP contribution in [0.2, 0.25) is 0 Å². The second kappa shape index (κ2) is 4.06. The molecule has 0 atom stereocenters. The molecule has 1 aromatic heterocycles. The Labute approximate surface area is 83.9 Å². The molecule has 1 aromatic rings. The van der Waals surface area contributed by atoms with Gasteiger partial charge in [-0.25, -0.2) is 9.67 Å². The van der Waals surface area contributed by atoms with E-state index >= 15 is 0 Å². The van der Waals surface area contributed by atoms with Crippen LogP contribution in [0.25, 0.3) is 0 Å². The molecule has 5 nitrogen and oxygen atoms in total. The van der Waals surface area contributed by atoms with Gasteiger partial charge in [-0.3, -0.25) is 4.90 Å². The highest BCUT2D eigenvalue weighted by molar-refractivity contribution is 4.89. The Morgan fingerprint density at radius 2 is 2.36 bits per heavy atom. The minimum absolute atomic E-state index is 0.688. The number of likely N-dealkylation sites (tertiary alicyclic amines) is 1. The van der Waals surface area contributed by atoms with Crippen molar-refractivity contribution in [3.63, 3.8) is 0 Å². The molecule has 78 valence electrons. The first-order valence-corrected chi connectivity index (χ1v) is 5.12. The number of aromatic nitrogens is 3. The maximum absolute atomic E-state index is 5.57. The van der Waals surface area contributed by atoms with Gasteiger partial charge >= 0.3 is 0 Å². The van der Waals surface area contributed by atoms with Gasteiger partial charge in [0.15, 0.2) is 0 Å². The summed E-state index contributed by atoms with van der Waals surface area (Å²) in [5.41, 5.74) is 5.57. The lowest BCUT2D eigenvalue weighted by atomic mass is 10.0. The molecule has 0 aromatic carbocycles. The van der Waals surface area contributed by atoms with E-state index in [-0.39, 0.29) is 0 Å². The zero-order chi connectivity index (χ0) is 9.97. The van der Waals surface area contributed by atoms with Crippen LogP contribution in [0, 0.1) is 5.92 Å². The van der Waals surface area contributed by atoms with Crippen molar-refractivity contribution in [2.75, 3.05) is 19.6 Å². The average Bonchev–Trinajstić information content (AvgIpc) is 2.57. The van der Waals surface area contributed by atoms with Gasteiger partial charge in [-0.1, -0.05) is 0 Å². The monoisotopic (exact) mass is 195 g/mol. The first kappa shape index (κ1) is 9.61. The van der Waals surface area contributed by atoms with E-state index in [0.29, 0.717) is 5.92 Å². The third-order valence-electron chi connectivity index (χ3n) is 2.73. The van der Waals surface area contributed by atoms with Crippen LogP contribution >= 0.6 is 0 Å². The predicted molar refractivity (Wildman–Crippen MR) is 53.5 cm³/mol. The van der Waals surface area contributed by atoms with Crippen LogP contribution in [0.3, 0.4) is 0 Å². The Morgan fingerprint density at radius 3 is 3.00 bits per heavy atom. The van der Waals surface area contributed by atoms with Gasteiger partial charge in [0.05, 0.1) is 6.54 Å². The van der Waals surface area contributed by atoms with Crippen LogP contribution in [0.1, 0.15) is 12.7 Å². The summed E-state index contributed by atoms with van der Waals surface area (Å²) in [7, 11) is 0. The zero-order valence-electron chi connectivity index (χ0n) is 8.56. The number of aryl methyl sites for hydroxylation is 1. The molecule has 14 heavy (non-hydrogen) atoms. The number of hydrogen-bond acceptors (Lipinski definition) is 4. The van der Waals surface area contributed by atoms with Gasteiger partial charge in [0.1, 0.15) is 12.2 Å². The van der Waals surface area contributed by atoms with Crippen LogP contribution in [0.4, 0.5) is 0 Å². The fraction of sp³-hybridized carbons (Fsp3) is 0.778. The highest BCUT2D eigenvalue weighted by atomic mass is 15.4. The minimum Gasteiger partial charge on any atom is -0.330 e. The molecule has 2 heterocycles. The molecule has 2 rings (SSSR count). The largest absolute Gasteiger partial charge is 0.330 e. The first-order valence-electron chi connectivity index (χ1n) is 5.12. The van der Waals surface area contributed by atoms with Gasteiger partial charge < -0.3 is 5.73 Å². The first-order chi connectivity index (χ1) is 6.83. The number of nitrogens with two attached hydrogens (primary N) is 1. The van der Waals surface area contributed by atoms with Crippen LogP contribution in [-0.4, -0.2) is 39.3 Å². The summed E-state index contributed by atoms with van der Waals surface area (Å²) in [6, 6.07) is 0. The van der Waals surface area contributed by atoms with Gasteiger partial charge in [-0.2, -0.15) is 5.10 Å². The Balaban J connectivity index is 1.86. The van der Waals surface area contributed by atoms with E-state index in [1.807, 2.05) is 4.68 Å². The molecule has 0 spiro atoms. The van der Waals surface area contributed by atoms with E-state index in [1.54, 1.807) is 6.33 Å². The van der Waals surface area contributed by atoms with Gasteiger partial charge in [-0.05, 0) is 19.4 Å². The van der Waals surface area contributed by atoms with Crippen molar-refractivity contribution in [2.24, 2.45) is 11.7 Å². The van der Waals surface area contributed by atoms with E-state index in [2.05, 4.69) is 21.9 Å². The Bertz CT molecular complexity index is 289. The van der Waals surface area contributed by atoms with Crippen molar-refractivity contribution in [3.8, 4) is 0 Å². The summed E-state index contributed by atoms with van der Waals surface area (Å²) in [5.74, 6) is 1.75. The second-order valence-electron chi connectivity index (χ2n) is 3.79. The van der Waals surface area contributed by atoms with E-state index < -0.39 is 0 Å². The van der Waals surface area contributed by atoms with Gasteiger partial charge in [-0.15, -0.1) is 0 Å². The van der Waals surface area contributed by atoms with Crippen molar-refractivity contribution < 1.29 is 0 Å². The van der Waals surface area contributed by atoms with Crippen LogP contribution in [0.15, 0.2) is 6.33 Å². The summed E-state index contributed by atoms with van der Waals surface area (Å²) >= 11 is 0. The highest BCUT2D eigenvalue weighted by Gasteiger charge is 2.26.